The minimum Gasteiger partial charge on any atom is -0.306 e. The zero-order valence-electron chi connectivity index (χ0n) is 9.56. The molecule has 1 aliphatic rings. The van der Waals surface area contributed by atoms with E-state index in [0.29, 0.717) is 37.0 Å². The van der Waals surface area contributed by atoms with Crippen LogP contribution in [-0.4, -0.2) is 45.8 Å². The number of halogens is 1. The number of quaternary nitrogens is 1. The summed E-state index contributed by atoms with van der Waals surface area (Å²) in [4.78, 5) is 4.17. The van der Waals surface area contributed by atoms with E-state index >= 15 is 0 Å². The van der Waals surface area contributed by atoms with E-state index in [0.717, 1.165) is 0 Å². The van der Waals surface area contributed by atoms with E-state index in [1.165, 1.54) is 12.5 Å². The number of hydrogen-bond acceptors (Lipinski definition) is 4. The Kier molecular flexibility index (Phi) is 3.40. The molecule has 2 heterocycles. The Morgan fingerprint density at radius 3 is 2.47 bits per heavy atom. The minimum absolute atomic E-state index is 0.100. The molecule has 0 amide bonds. The molecule has 0 radical (unpaired) electrons. The van der Waals surface area contributed by atoms with Gasteiger partial charge in [-0.15, -0.1) is 0 Å². The van der Waals surface area contributed by atoms with Gasteiger partial charge in [0.05, 0.1) is 17.5 Å². The molecular weight excluding hydrogens is 262 g/mol. The second-order valence-electron chi connectivity index (χ2n) is 4.15. The van der Waals surface area contributed by atoms with E-state index in [2.05, 4.69) is 10.3 Å². The fourth-order valence-corrected chi connectivity index (χ4v) is 3.50. The van der Waals surface area contributed by atoms with Gasteiger partial charge >= 0.3 is 0 Å². The molecule has 1 saturated heterocycles. The molecule has 7 heteroatoms. The molecule has 0 unspecified atom stereocenters. The summed E-state index contributed by atoms with van der Waals surface area (Å²) in [5, 5.41) is 3.67. The summed E-state index contributed by atoms with van der Waals surface area (Å²) in [6, 6.07) is 3.37. The molecule has 1 fully saturated rings. The topological polar surface area (TPSA) is 59.1 Å². The van der Waals surface area contributed by atoms with Gasteiger partial charge in [-0.05, 0) is 6.07 Å². The average molecular weight is 277 g/mol. The summed E-state index contributed by atoms with van der Waals surface area (Å²) >= 11 is 5.78. The third-order valence-electron chi connectivity index (χ3n) is 3.06. The zero-order valence-corrected chi connectivity index (χ0v) is 11.1. The van der Waals surface area contributed by atoms with E-state index in [1.54, 1.807) is 12.1 Å². The molecular formula is C10H15ClN3O2S+. The van der Waals surface area contributed by atoms with Gasteiger partial charge < -0.3 is 5.32 Å². The Balaban J connectivity index is 2.50. The Morgan fingerprint density at radius 1 is 1.35 bits per heavy atom. The fraction of sp³-hybridized carbons (Fsp3) is 0.500. The molecule has 5 nitrogen and oxygen atoms in total. The predicted octanol–water partition coefficient (Wildman–Crippen LogP) is 0.605. The number of sulfonamides is 1. The molecule has 17 heavy (non-hydrogen) atoms. The van der Waals surface area contributed by atoms with Gasteiger partial charge in [0.15, 0.2) is 0 Å². The second kappa shape index (κ2) is 4.53. The van der Waals surface area contributed by atoms with Crippen LogP contribution < -0.4 is 9.21 Å². The van der Waals surface area contributed by atoms with Crippen LogP contribution in [0.15, 0.2) is 18.3 Å². The first-order valence-electron chi connectivity index (χ1n) is 5.36. The van der Waals surface area contributed by atoms with Gasteiger partial charge in [0.2, 0.25) is 5.82 Å². The first kappa shape index (κ1) is 12.8. The Hall–Kier alpha value is -0.690. The highest BCUT2D eigenvalue weighted by molar-refractivity contribution is 7.90. The van der Waals surface area contributed by atoms with Crippen LogP contribution in [0.3, 0.4) is 0 Å². The van der Waals surface area contributed by atoms with Gasteiger partial charge in [-0.2, -0.15) is 12.3 Å². The third kappa shape index (κ3) is 2.30. The van der Waals surface area contributed by atoms with Crippen molar-refractivity contribution in [2.45, 2.75) is 0 Å². The molecule has 94 valence electrons. The van der Waals surface area contributed by atoms with Crippen LogP contribution in [0.1, 0.15) is 0 Å². The molecule has 1 aromatic heterocycles. The smallest absolute Gasteiger partial charge is 0.300 e. The number of hydrogen-bond donors (Lipinski definition) is 1. The second-order valence-corrected chi connectivity index (χ2v) is 6.76. The largest absolute Gasteiger partial charge is 0.306 e. The van der Waals surface area contributed by atoms with Crippen molar-refractivity contribution >= 4 is 27.4 Å². The van der Waals surface area contributed by atoms with E-state index in [4.69, 9.17) is 11.6 Å². The molecule has 0 atom stereocenters. The lowest BCUT2D eigenvalue weighted by Crippen LogP contribution is -2.62. The lowest BCUT2D eigenvalue weighted by molar-refractivity contribution is 0.351. The average Bonchev–Trinajstić information content (AvgIpc) is 2.29. The van der Waals surface area contributed by atoms with Crippen LogP contribution in [0.25, 0.3) is 0 Å². The maximum atomic E-state index is 12.1. The Morgan fingerprint density at radius 2 is 2.00 bits per heavy atom. The molecule has 1 N–H and O–H groups in total. The van der Waals surface area contributed by atoms with Crippen molar-refractivity contribution in [1.82, 2.24) is 14.2 Å². The minimum atomic E-state index is -3.26. The van der Waals surface area contributed by atoms with Crippen molar-refractivity contribution in [2.75, 3.05) is 32.4 Å². The van der Waals surface area contributed by atoms with Crippen LogP contribution in [0.4, 0.5) is 5.82 Å². The van der Waals surface area contributed by atoms with Gasteiger partial charge in [0.1, 0.15) is 13.1 Å². The van der Waals surface area contributed by atoms with E-state index < -0.39 is 10.0 Å². The van der Waals surface area contributed by atoms with Crippen LogP contribution >= 0.6 is 11.6 Å². The quantitative estimate of drug-likeness (QED) is 0.804. The summed E-state index contributed by atoms with van der Waals surface area (Å²) in [6.07, 6.45) is 2.75. The lowest BCUT2D eigenvalue weighted by Gasteiger charge is -2.37. The molecule has 1 aromatic rings. The van der Waals surface area contributed by atoms with Gasteiger partial charge in [-0.25, -0.2) is 4.98 Å². The van der Waals surface area contributed by atoms with Crippen molar-refractivity contribution in [2.24, 2.45) is 0 Å². The van der Waals surface area contributed by atoms with Gasteiger partial charge in [-0.1, -0.05) is 11.6 Å². The SMILES string of the molecule is CS(=O)(=O)[N+]1(c2ccc(Cl)cn2)CCNCC1. The molecule has 1 aliphatic heterocycles. The molecule has 0 aromatic carbocycles. The van der Waals surface area contributed by atoms with E-state index in [1.807, 2.05) is 0 Å². The molecule has 2 rings (SSSR count). The summed E-state index contributed by atoms with van der Waals surface area (Å²) in [5.74, 6) is 0.540. The van der Waals surface area contributed by atoms with Crippen LogP contribution in [0.5, 0.6) is 0 Å². The highest BCUT2D eigenvalue weighted by atomic mass is 35.5. The molecule has 0 spiro atoms. The summed E-state index contributed by atoms with van der Waals surface area (Å²) < 4.78 is 24.0. The lowest BCUT2D eigenvalue weighted by atomic mass is 10.3. The molecule has 0 aliphatic carbocycles. The number of rotatable bonds is 2. The highest BCUT2D eigenvalue weighted by Gasteiger charge is 2.43. The predicted molar refractivity (Wildman–Crippen MR) is 68.5 cm³/mol. The molecule has 0 saturated carbocycles. The summed E-state index contributed by atoms with van der Waals surface area (Å²) in [5.41, 5.74) is 0. The van der Waals surface area contributed by atoms with E-state index in [-0.39, 0.29) is 3.89 Å². The van der Waals surface area contributed by atoms with Crippen molar-refractivity contribution in [1.29, 1.82) is 0 Å². The number of nitrogens with zero attached hydrogens (tertiary/aromatic N) is 2. The maximum Gasteiger partial charge on any atom is 0.300 e. The van der Waals surface area contributed by atoms with Crippen LogP contribution in [-0.2, 0) is 10.0 Å². The van der Waals surface area contributed by atoms with Crippen molar-refractivity contribution < 1.29 is 8.42 Å². The highest BCUT2D eigenvalue weighted by Crippen LogP contribution is 2.26. The maximum absolute atomic E-state index is 12.1. The first-order chi connectivity index (χ1) is 7.96. The van der Waals surface area contributed by atoms with Crippen molar-refractivity contribution in [3.05, 3.63) is 23.4 Å². The van der Waals surface area contributed by atoms with Gasteiger partial charge in [-0.3, -0.25) is 0 Å². The number of nitrogens with one attached hydrogen (secondary N) is 1. The Bertz CT molecular complexity index is 495. The zero-order chi connectivity index (χ0) is 12.5. The van der Waals surface area contributed by atoms with Crippen molar-refractivity contribution in [3.8, 4) is 0 Å². The Labute approximate surface area is 106 Å². The first-order valence-corrected chi connectivity index (χ1v) is 7.58. The van der Waals surface area contributed by atoms with E-state index in [9.17, 15) is 8.42 Å². The summed E-state index contributed by atoms with van der Waals surface area (Å²) in [7, 11) is -3.26. The van der Waals surface area contributed by atoms with Gasteiger partial charge in [0.25, 0.3) is 10.0 Å². The third-order valence-corrected chi connectivity index (χ3v) is 5.11. The normalized spacial score (nSPS) is 20.1. The van der Waals surface area contributed by atoms with Crippen molar-refractivity contribution in [3.63, 3.8) is 0 Å². The standard InChI is InChI=1S/C10H15ClN3O2S/c1-17(15,16)14(6-4-12-5-7-14)10-3-2-9(11)8-13-10/h2-3,8,12H,4-7H2,1H3/q+1. The number of piperazine rings is 1. The fourth-order valence-electron chi connectivity index (χ4n) is 2.10. The number of pyridine rings is 1. The number of aromatic nitrogens is 1. The summed E-state index contributed by atoms with van der Waals surface area (Å²) in [6.45, 7) is 2.32. The van der Waals surface area contributed by atoms with Gasteiger partial charge in [0, 0.05) is 19.2 Å². The molecule has 0 bridgehead atoms. The monoisotopic (exact) mass is 276 g/mol. The van der Waals surface area contributed by atoms with Crippen LogP contribution in [0, 0.1) is 0 Å². The van der Waals surface area contributed by atoms with Crippen LogP contribution in [0.2, 0.25) is 5.02 Å².